The van der Waals surface area contributed by atoms with Crippen LogP contribution in [0.3, 0.4) is 0 Å². The number of nitrogens with one attached hydrogen (secondary N) is 1. The van der Waals surface area contributed by atoms with Crippen LogP contribution in [0.2, 0.25) is 0 Å². The molecule has 2 heteroatoms. The number of aromatic nitrogens is 1. The highest BCUT2D eigenvalue weighted by Gasteiger charge is 2.18. The summed E-state index contributed by atoms with van der Waals surface area (Å²) >= 11 is 0. The Morgan fingerprint density at radius 3 is 2.61 bits per heavy atom. The third-order valence-electron chi connectivity index (χ3n) is 3.57. The van der Waals surface area contributed by atoms with E-state index in [2.05, 4.69) is 56.4 Å². The second-order valence-electron chi connectivity index (χ2n) is 4.79. The molecule has 1 N–H and O–H groups in total. The molecule has 96 valence electrons. The summed E-state index contributed by atoms with van der Waals surface area (Å²) in [5, 5.41) is 4.72. The van der Waals surface area contributed by atoms with Gasteiger partial charge >= 0.3 is 0 Å². The summed E-state index contributed by atoms with van der Waals surface area (Å²) in [6.07, 6.45) is 1.11. The first kappa shape index (κ1) is 13.0. The van der Waals surface area contributed by atoms with Crippen molar-refractivity contribution in [3.8, 4) is 0 Å². The fraction of sp³-hybridized carbons (Fsp3) is 0.438. The average molecular weight is 242 g/mol. The van der Waals surface area contributed by atoms with Crippen LogP contribution in [0.5, 0.6) is 0 Å². The number of fused-ring (bicyclic) bond motifs is 1. The zero-order chi connectivity index (χ0) is 13.0. The highest BCUT2D eigenvalue weighted by atomic mass is 14.9. The van der Waals surface area contributed by atoms with Crippen molar-refractivity contribution < 1.29 is 0 Å². The Morgan fingerprint density at radius 2 is 1.89 bits per heavy atom. The van der Waals surface area contributed by atoms with Crippen molar-refractivity contribution in [3.63, 3.8) is 0 Å². The van der Waals surface area contributed by atoms with Crippen LogP contribution in [0.4, 0.5) is 0 Å². The summed E-state index contributed by atoms with van der Waals surface area (Å²) < 4.78 is 0. The highest BCUT2D eigenvalue weighted by molar-refractivity contribution is 5.78. The van der Waals surface area contributed by atoms with E-state index in [-0.39, 0.29) is 0 Å². The fourth-order valence-electron chi connectivity index (χ4n) is 2.57. The first-order valence-electron chi connectivity index (χ1n) is 6.85. The molecule has 0 amide bonds. The minimum atomic E-state index is 0.466. The molecular weight excluding hydrogens is 220 g/mol. The Hall–Kier alpha value is -1.41. The maximum atomic E-state index is 4.81. The van der Waals surface area contributed by atoms with E-state index in [1.54, 1.807) is 0 Å². The number of hydrogen-bond donors (Lipinski definition) is 1. The normalized spacial score (nSPS) is 14.6. The van der Waals surface area contributed by atoms with Gasteiger partial charge in [-0.2, -0.15) is 0 Å². The van der Waals surface area contributed by atoms with Gasteiger partial charge in [0.25, 0.3) is 0 Å². The molecule has 1 heterocycles. The van der Waals surface area contributed by atoms with Crippen LogP contribution in [-0.4, -0.2) is 17.6 Å². The van der Waals surface area contributed by atoms with Crippen molar-refractivity contribution in [2.24, 2.45) is 0 Å². The summed E-state index contributed by atoms with van der Waals surface area (Å²) in [4.78, 5) is 4.81. The van der Waals surface area contributed by atoms with E-state index in [9.17, 15) is 0 Å². The lowest BCUT2D eigenvalue weighted by molar-refractivity contribution is 0.453. The Morgan fingerprint density at radius 1 is 1.11 bits per heavy atom. The van der Waals surface area contributed by atoms with E-state index >= 15 is 0 Å². The molecule has 2 aromatic rings. The van der Waals surface area contributed by atoms with E-state index in [4.69, 9.17) is 4.98 Å². The molecule has 0 radical (unpaired) electrons. The smallest absolute Gasteiger partial charge is 0.0705 e. The third-order valence-corrected chi connectivity index (χ3v) is 3.57. The second kappa shape index (κ2) is 5.96. The van der Waals surface area contributed by atoms with Gasteiger partial charge in [0.1, 0.15) is 0 Å². The number of hydrogen-bond acceptors (Lipinski definition) is 2. The topological polar surface area (TPSA) is 24.9 Å². The third kappa shape index (κ3) is 2.70. The van der Waals surface area contributed by atoms with Crippen molar-refractivity contribution in [2.45, 2.75) is 39.2 Å². The molecule has 0 saturated heterocycles. The monoisotopic (exact) mass is 242 g/mol. The lowest BCUT2D eigenvalue weighted by atomic mass is 9.93. The zero-order valence-electron chi connectivity index (χ0n) is 11.5. The molecular formula is C16H22N2. The predicted octanol–water partition coefficient (Wildman–Crippen LogP) is 3.73. The van der Waals surface area contributed by atoms with Crippen LogP contribution < -0.4 is 5.32 Å². The summed E-state index contributed by atoms with van der Waals surface area (Å²) in [5.74, 6) is 0.481. The summed E-state index contributed by atoms with van der Waals surface area (Å²) in [7, 11) is 0. The van der Waals surface area contributed by atoms with Gasteiger partial charge in [0.05, 0.1) is 5.52 Å². The molecule has 0 aliphatic carbocycles. The lowest BCUT2D eigenvalue weighted by Gasteiger charge is -2.23. The Kier molecular flexibility index (Phi) is 4.32. The van der Waals surface area contributed by atoms with Gasteiger partial charge in [-0.1, -0.05) is 38.1 Å². The first-order chi connectivity index (χ1) is 8.76. The highest BCUT2D eigenvalue weighted by Crippen LogP contribution is 2.23. The van der Waals surface area contributed by atoms with Crippen molar-refractivity contribution >= 4 is 10.9 Å². The van der Waals surface area contributed by atoms with Gasteiger partial charge in [-0.15, -0.1) is 0 Å². The van der Waals surface area contributed by atoms with Crippen LogP contribution >= 0.6 is 0 Å². The van der Waals surface area contributed by atoms with E-state index in [0.29, 0.717) is 12.0 Å². The standard InChI is InChI=1S/C16H22N2/c1-4-14(12(3)17-5-2)16-11-10-13-8-6-7-9-15(13)18-16/h6-12,14,17H,4-5H2,1-3H3. The number of pyridine rings is 1. The largest absolute Gasteiger partial charge is 0.314 e. The quantitative estimate of drug-likeness (QED) is 0.864. The lowest BCUT2D eigenvalue weighted by Crippen LogP contribution is -2.32. The van der Waals surface area contributed by atoms with Crippen LogP contribution in [-0.2, 0) is 0 Å². The van der Waals surface area contributed by atoms with E-state index in [1.165, 1.54) is 11.1 Å². The minimum absolute atomic E-state index is 0.466. The fourth-order valence-corrected chi connectivity index (χ4v) is 2.57. The van der Waals surface area contributed by atoms with Gasteiger partial charge in [-0.3, -0.25) is 4.98 Å². The molecule has 0 spiro atoms. The molecule has 1 aromatic carbocycles. The molecule has 0 bridgehead atoms. The van der Waals surface area contributed by atoms with E-state index < -0.39 is 0 Å². The number of likely N-dealkylation sites (N-methyl/N-ethyl adjacent to an activating group) is 1. The van der Waals surface area contributed by atoms with Crippen molar-refractivity contribution in [1.82, 2.24) is 10.3 Å². The van der Waals surface area contributed by atoms with Crippen LogP contribution in [0.15, 0.2) is 36.4 Å². The molecule has 0 aliphatic heterocycles. The second-order valence-corrected chi connectivity index (χ2v) is 4.79. The van der Waals surface area contributed by atoms with E-state index in [1.807, 2.05) is 6.07 Å². The maximum absolute atomic E-state index is 4.81. The Bertz CT molecular complexity index is 507. The number of para-hydroxylation sites is 1. The molecule has 0 fully saturated rings. The number of benzene rings is 1. The number of rotatable bonds is 5. The summed E-state index contributed by atoms with van der Waals surface area (Å²) in [5.41, 5.74) is 2.29. The molecule has 2 nitrogen and oxygen atoms in total. The van der Waals surface area contributed by atoms with Gasteiger partial charge < -0.3 is 5.32 Å². The van der Waals surface area contributed by atoms with Crippen molar-refractivity contribution in [3.05, 3.63) is 42.1 Å². The van der Waals surface area contributed by atoms with Crippen LogP contribution in [0.25, 0.3) is 10.9 Å². The Labute approximate surface area is 109 Å². The van der Waals surface area contributed by atoms with Gasteiger partial charge in [0.2, 0.25) is 0 Å². The first-order valence-corrected chi connectivity index (χ1v) is 6.85. The summed E-state index contributed by atoms with van der Waals surface area (Å²) in [6.45, 7) is 7.63. The Balaban J connectivity index is 2.33. The molecule has 2 unspecified atom stereocenters. The molecule has 1 aromatic heterocycles. The van der Waals surface area contributed by atoms with Gasteiger partial charge in [0.15, 0.2) is 0 Å². The maximum Gasteiger partial charge on any atom is 0.0705 e. The number of nitrogens with zero attached hydrogens (tertiary/aromatic N) is 1. The van der Waals surface area contributed by atoms with Crippen molar-refractivity contribution in [1.29, 1.82) is 0 Å². The zero-order valence-corrected chi connectivity index (χ0v) is 11.5. The molecule has 2 rings (SSSR count). The summed E-state index contributed by atoms with van der Waals surface area (Å²) in [6, 6.07) is 13.1. The van der Waals surface area contributed by atoms with Gasteiger partial charge in [-0.25, -0.2) is 0 Å². The minimum Gasteiger partial charge on any atom is -0.314 e. The average Bonchev–Trinajstić information content (AvgIpc) is 2.40. The van der Waals surface area contributed by atoms with Crippen LogP contribution in [0, 0.1) is 0 Å². The SMILES string of the molecule is CCNC(C)C(CC)c1ccc2ccccc2n1. The van der Waals surface area contributed by atoms with E-state index in [0.717, 1.165) is 18.5 Å². The van der Waals surface area contributed by atoms with Crippen molar-refractivity contribution in [2.75, 3.05) is 6.54 Å². The van der Waals surface area contributed by atoms with Gasteiger partial charge in [-0.05, 0) is 32.0 Å². The molecule has 0 aliphatic rings. The van der Waals surface area contributed by atoms with Crippen LogP contribution in [0.1, 0.15) is 38.8 Å². The predicted molar refractivity (Wildman–Crippen MR) is 77.9 cm³/mol. The van der Waals surface area contributed by atoms with Gasteiger partial charge in [0, 0.05) is 23.0 Å². The molecule has 0 saturated carbocycles. The molecule has 2 atom stereocenters. The molecule has 18 heavy (non-hydrogen) atoms.